The highest BCUT2D eigenvalue weighted by Gasteiger charge is 2.25. The second-order valence-corrected chi connectivity index (χ2v) is 7.13. The minimum absolute atomic E-state index is 0. The van der Waals surface area contributed by atoms with Crippen molar-refractivity contribution in [3.63, 3.8) is 0 Å². The number of rotatable bonds is 6. The second kappa shape index (κ2) is 9.15. The van der Waals surface area contributed by atoms with Gasteiger partial charge in [0.25, 0.3) is 5.91 Å². The molecule has 8 heteroatoms. The Balaban J connectivity index is 0.00000208. The van der Waals surface area contributed by atoms with Crippen LogP contribution in [0, 0.1) is 5.92 Å². The normalized spacial score (nSPS) is 16.4. The Morgan fingerprint density at radius 2 is 2.21 bits per heavy atom. The van der Waals surface area contributed by atoms with Crippen LogP contribution in [0.4, 0.5) is 0 Å². The van der Waals surface area contributed by atoms with E-state index in [2.05, 4.69) is 15.6 Å². The molecule has 0 aliphatic heterocycles. The zero-order valence-corrected chi connectivity index (χ0v) is 15.2. The molecule has 0 spiro atoms. The summed E-state index contributed by atoms with van der Waals surface area (Å²) in [5, 5.41) is 13.1. The highest BCUT2D eigenvalue weighted by molar-refractivity contribution is 7.09. The Bertz CT molecular complexity index is 624. The first-order valence-electron chi connectivity index (χ1n) is 8.19. The fraction of sp³-hybridized carbons (Fsp3) is 0.562. The molecule has 1 aliphatic rings. The summed E-state index contributed by atoms with van der Waals surface area (Å²) in [5.74, 6) is 0.308. The number of thiophene rings is 1. The van der Waals surface area contributed by atoms with Crippen LogP contribution in [0.25, 0.3) is 0 Å². The van der Waals surface area contributed by atoms with Crippen LogP contribution >= 0.6 is 23.7 Å². The molecule has 2 heterocycles. The van der Waals surface area contributed by atoms with E-state index in [9.17, 15) is 4.79 Å². The minimum Gasteiger partial charge on any atom is -0.346 e. The van der Waals surface area contributed by atoms with E-state index in [1.807, 2.05) is 17.5 Å². The van der Waals surface area contributed by atoms with E-state index in [-0.39, 0.29) is 24.4 Å². The van der Waals surface area contributed by atoms with Gasteiger partial charge in [0.1, 0.15) is 0 Å². The number of aromatic nitrogens is 3. The van der Waals surface area contributed by atoms with E-state index in [0.717, 1.165) is 12.8 Å². The molecule has 1 amide bonds. The number of hydrogen-bond donors (Lipinski definition) is 2. The van der Waals surface area contributed by atoms with E-state index in [0.29, 0.717) is 24.7 Å². The number of carbonyl (C=O) groups is 1. The molecule has 2 aromatic rings. The average molecular weight is 370 g/mol. The molecule has 24 heavy (non-hydrogen) atoms. The van der Waals surface area contributed by atoms with Crippen molar-refractivity contribution in [3.8, 4) is 0 Å². The third-order valence-electron chi connectivity index (χ3n) is 4.46. The van der Waals surface area contributed by atoms with Crippen LogP contribution in [-0.2, 0) is 6.54 Å². The zero-order valence-electron chi connectivity index (χ0n) is 13.6. The zero-order chi connectivity index (χ0) is 16.1. The molecule has 2 aromatic heterocycles. The van der Waals surface area contributed by atoms with Crippen LogP contribution in [0.1, 0.15) is 47.5 Å². The summed E-state index contributed by atoms with van der Waals surface area (Å²) >= 11 is 1.66. The van der Waals surface area contributed by atoms with Gasteiger partial charge in [0.15, 0.2) is 5.69 Å². The van der Waals surface area contributed by atoms with Crippen molar-refractivity contribution < 1.29 is 4.79 Å². The van der Waals surface area contributed by atoms with E-state index in [4.69, 9.17) is 5.73 Å². The van der Waals surface area contributed by atoms with E-state index < -0.39 is 0 Å². The van der Waals surface area contributed by atoms with Gasteiger partial charge in [-0.05, 0) is 30.2 Å². The number of nitrogens with one attached hydrogen (secondary N) is 1. The molecular formula is C16H24ClN5OS. The Hall–Kier alpha value is -1.44. The van der Waals surface area contributed by atoms with Crippen LogP contribution < -0.4 is 11.1 Å². The number of amides is 1. The van der Waals surface area contributed by atoms with Crippen LogP contribution in [0.3, 0.4) is 0 Å². The second-order valence-electron chi connectivity index (χ2n) is 6.09. The predicted octanol–water partition coefficient (Wildman–Crippen LogP) is 2.45. The van der Waals surface area contributed by atoms with Gasteiger partial charge in [-0.3, -0.25) is 4.79 Å². The summed E-state index contributed by atoms with van der Waals surface area (Å²) in [6, 6.07) is 4.07. The molecule has 0 aromatic carbocycles. The van der Waals surface area contributed by atoms with E-state index >= 15 is 0 Å². The summed E-state index contributed by atoms with van der Waals surface area (Å²) < 4.78 is 1.69. The molecule has 0 radical (unpaired) electrons. The first-order chi connectivity index (χ1) is 11.3. The topological polar surface area (TPSA) is 85.8 Å². The Kier molecular flexibility index (Phi) is 7.20. The molecule has 3 N–H and O–H groups in total. The van der Waals surface area contributed by atoms with Crippen molar-refractivity contribution in [1.29, 1.82) is 0 Å². The van der Waals surface area contributed by atoms with Crippen LogP contribution in [0.15, 0.2) is 23.7 Å². The lowest BCUT2D eigenvalue weighted by atomic mass is 9.84. The Labute approximate surface area is 152 Å². The molecule has 6 nitrogen and oxygen atoms in total. The van der Waals surface area contributed by atoms with E-state index in [1.165, 1.54) is 24.1 Å². The molecule has 1 aliphatic carbocycles. The number of carbonyl (C=O) groups excluding carboxylic acids is 1. The standard InChI is InChI=1S/C16H23N5OS.ClH/c17-9-14(12-5-2-1-3-6-12)18-16(22)15-11-21(20-19-15)10-13-7-4-8-23-13;/h4,7-8,11-12,14H,1-3,5-6,9-10,17H2,(H,18,22);1H. The van der Waals surface area contributed by atoms with Gasteiger partial charge in [-0.25, -0.2) is 4.68 Å². The van der Waals surface area contributed by atoms with Crippen LogP contribution in [-0.4, -0.2) is 33.5 Å². The van der Waals surface area contributed by atoms with Crippen molar-refractivity contribution in [1.82, 2.24) is 20.3 Å². The van der Waals surface area contributed by atoms with Crippen LogP contribution in [0.2, 0.25) is 0 Å². The summed E-state index contributed by atoms with van der Waals surface area (Å²) in [6.45, 7) is 1.11. The lowest BCUT2D eigenvalue weighted by Gasteiger charge is -2.29. The predicted molar refractivity (Wildman–Crippen MR) is 97.6 cm³/mol. The molecule has 132 valence electrons. The summed E-state index contributed by atoms with van der Waals surface area (Å²) in [6.07, 6.45) is 7.74. The van der Waals surface area contributed by atoms with Crippen molar-refractivity contribution >= 4 is 29.7 Å². The average Bonchev–Trinajstić information content (AvgIpc) is 3.25. The Morgan fingerprint density at radius 3 is 2.88 bits per heavy atom. The molecular weight excluding hydrogens is 346 g/mol. The SMILES string of the molecule is Cl.NCC(NC(=O)c1cn(Cc2cccs2)nn1)C1CCCCC1. The lowest BCUT2D eigenvalue weighted by Crippen LogP contribution is -2.46. The maximum absolute atomic E-state index is 12.4. The van der Waals surface area contributed by atoms with Crippen LogP contribution in [0.5, 0.6) is 0 Å². The van der Waals surface area contributed by atoms with Crippen molar-refractivity contribution in [2.24, 2.45) is 11.7 Å². The quantitative estimate of drug-likeness (QED) is 0.818. The number of nitrogens with zero attached hydrogens (tertiary/aromatic N) is 3. The van der Waals surface area contributed by atoms with Gasteiger partial charge < -0.3 is 11.1 Å². The van der Waals surface area contributed by atoms with Gasteiger partial charge >= 0.3 is 0 Å². The van der Waals surface area contributed by atoms with Gasteiger partial charge in [-0.1, -0.05) is 30.5 Å². The summed E-state index contributed by atoms with van der Waals surface area (Å²) in [7, 11) is 0. The molecule has 1 atom stereocenters. The summed E-state index contributed by atoms with van der Waals surface area (Å²) in [4.78, 5) is 13.6. The van der Waals surface area contributed by atoms with Crippen molar-refractivity contribution in [2.75, 3.05) is 6.54 Å². The minimum atomic E-state index is -0.177. The number of hydrogen-bond acceptors (Lipinski definition) is 5. The molecule has 0 saturated heterocycles. The first-order valence-corrected chi connectivity index (χ1v) is 9.07. The third kappa shape index (κ3) is 4.78. The lowest BCUT2D eigenvalue weighted by molar-refractivity contribution is 0.0910. The first kappa shape index (κ1) is 18.9. The highest BCUT2D eigenvalue weighted by atomic mass is 35.5. The molecule has 0 bridgehead atoms. The van der Waals surface area contributed by atoms with E-state index in [1.54, 1.807) is 22.2 Å². The van der Waals surface area contributed by atoms with Gasteiger partial charge in [0.2, 0.25) is 0 Å². The van der Waals surface area contributed by atoms with Gasteiger partial charge in [-0.15, -0.1) is 28.8 Å². The van der Waals surface area contributed by atoms with Gasteiger partial charge in [-0.2, -0.15) is 0 Å². The van der Waals surface area contributed by atoms with Crippen molar-refractivity contribution in [2.45, 2.75) is 44.7 Å². The third-order valence-corrected chi connectivity index (χ3v) is 5.32. The van der Waals surface area contributed by atoms with Gasteiger partial charge in [0.05, 0.1) is 12.7 Å². The van der Waals surface area contributed by atoms with Gasteiger partial charge in [0, 0.05) is 17.5 Å². The number of nitrogens with two attached hydrogens (primary N) is 1. The molecule has 3 rings (SSSR count). The number of halogens is 1. The largest absolute Gasteiger partial charge is 0.346 e. The highest BCUT2D eigenvalue weighted by Crippen LogP contribution is 2.26. The molecule has 1 unspecified atom stereocenters. The molecule has 1 fully saturated rings. The Morgan fingerprint density at radius 1 is 1.42 bits per heavy atom. The maximum Gasteiger partial charge on any atom is 0.273 e. The maximum atomic E-state index is 12.4. The fourth-order valence-corrected chi connectivity index (χ4v) is 3.89. The van der Waals surface area contributed by atoms with Crippen molar-refractivity contribution in [3.05, 3.63) is 34.3 Å². The summed E-state index contributed by atoms with van der Waals surface area (Å²) in [5.41, 5.74) is 6.23. The fourth-order valence-electron chi connectivity index (χ4n) is 3.19. The smallest absolute Gasteiger partial charge is 0.273 e. The monoisotopic (exact) mass is 369 g/mol. The molecule has 1 saturated carbocycles.